The summed E-state index contributed by atoms with van der Waals surface area (Å²) in [4.78, 5) is 18.5. The van der Waals surface area contributed by atoms with E-state index in [1.807, 2.05) is 30.7 Å². The Balaban J connectivity index is 1.97. The number of hydrogen-bond acceptors (Lipinski definition) is 4. The molecule has 0 unspecified atom stereocenters. The van der Waals surface area contributed by atoms with Crippen molar-refractivity contribution in [3.63, 3.8) is 0 Å². The topological polar surface area (TPSA) is 54.0 Å². The van der Waals surface area contributed by atoms with Crippen LogP contribution in [0.5, 0.6) is 0 Å². The van der Waals surface area contributed by atoms with Crippen LogP contribution in [0.1, 0.15) is 23.8 Å². The van der Waals surface area contributed by atoms with Gasteiger partial charge in [-0.3, -0.25) is 5.32 Å². The van der Waals surface area contributed by atoms with Gasteiger partial charge in [-0.1, -0.05) is 19.4 Å². The molecule has 0 bridgehead atoms. The third kappa shape index (κ3) is 4.47. The number of thioether (sulfide) groups is 1. The predicted molar refractivity (Wildman–Crippen MR) is 91.7 cm³/mol. The van der Waals surface area contributed by atoms with Gasteiger partial charge in [0.1, 0.15) is 0 Å². The van der Waals surface area contributed by atoms with Crippen LogP contribution < -0.4 is 10.6 Å². The molecule has 2 rings (SSSR count). The van der Waals surface area contributed by atoms with Crippen LogP contribution in [-0.4, -0.2) is 17.3 Å². The molecule has 2 N–H and O–H groups in total. The van der Waals surface area contributed by atoms with Crippen molar-refractivity contribution in [1.29, 1.82) is 0 Å². The normalized spacial score (nSPS) is 10.4. The zero-order valence-electron chi connectivity index (χ0n) is 12.4. The quantitative estimate of drug-likeness (QED) is 0.780. The Morgan fingerprint density at radius 2 is 2.19 bits per heavy atom. The average Bonchev–Trinajstić information content (AvgIpc) is 2.88. The zero-order chi connectivity index (χ0) is 15.2. The highest BCUT2D eigenvalue weighted by Crippen LogP contribution is 2.24. The van der Waals surface area contributed by atoms with Gasteiger partial charge >= 0.3 is 6.03 Å². The van der Waals surface area contributed by atoms with Crippen LogP contribution in [0.15, 0.2) is 29.3 Å². The van der Waals surface area contributed by atoms with E-state index in [9.17, 15) is 4.79 Å². The molecule has 0 saturated carbocycles. The zero-order valence-corrected chi connectivity index (χ0v) is 14.0. The molecule has 0 radical (unpaired) electrons. The number of amides is 2. The summed E-state index contributed by atoms with van der Waals surface area (Å²) in [6.45, 7) is 4.18. The molecule has 0 aliphatic rings. The van der Waals surface area contributed by atoms with Crippen molar-refractivity contribution in [2.45, 2.75) is 31.6 Å². The van der Waals surface area contributed by atoms with Gasteiger partial charge in [0.05, 0.1) is 0 Å². The summed E-state index contributed by atoms with van der Waals surface area (Å²) < 4.78 is 0. The molecule has 2 amide bonds. The molecule has 4 nitrogen and oxygen atoms in total. The van der Waals surface area contributed by atoms with Crippen molar-refractivity contribution in [3.8, 4) is 0 Å². The standard InChI is InChI=1S/C15H19N3OS2/c1-4-5-12-9-16-15(21-12)18-14(19)17-11-7-6-10(2)13(8-11)20-3/h6-9H,4-5H2,1-3H3,(H2,16,17,18,19). The van der Waals surface area contributed by atoms with E-state index in [-0.39, 0.29) is 6.03 Å². The van der Waals surface area contributed by atoms with Crippen LogP contribution in [-0.2, 0) is 6.42 Å². The van der Waals surface area contributed by atoms with E-state index in [4.69, 9.17) is 0 Å². The van der Waals surface area contributed by atoms with Gasteiger partial charge in [-0.15, -0.1) is 23.1 Å². The summed E-state index contributed by atoms with van der Waals surface area (Å²) in [6, 6.07) is 5.62. The van der Waals surface area contributed by atoms with Crippen molar-refractivity contribution >= 4 is 39.9 Å². The lowest BCUT2D eigenvalue weighted by atomic mass is 10.2. The molecule has 1 heterocycles. The Bertz CT molecular complexity index is 625. The lowest BCUT2D eigenvalue weighted by molar-refractivity contribution is 0.262. The number of urea groups is 1. The van der Waals surface area contributed by atoms with Gasteiger partial charge in [-0.25, -0.2) is 9.78 Å². The smallest absolute Gasteiger partial charge is 0.308 e. The Labute approximate surface area is 133 Å². The lowest BCUT2D eigenvalue weighted by Crippen LogP contribution is -2.19. The van der Waals surface area contributed by atoms with Crippen LogP contribution in [0.25, 0.3) is 0 Å². The van der Waals surface area contributed by atoms with Gasteiger partial charge in [0, 0.05) is 21.7 Å². The summed E-state index contributed by atoms with van der Waals surface area (Å²) in [7, 11) is 0. The number of rotatable bonds is 5. The number of nitrogens with one attached hydrogen (secondary N) is 2. The molecule has 0 fully saturated rings. The van der Waals surface area contributed by atoms with E-state index in [1.54, 1.807) is 11.8 Å². The van der Waals surface area contributed by atoms with E-state index in [2.05, 4.69) is 29.5 Å². The number of thiazole rings is 1. The number of hydrogen-bond donors (Lipinski definition) is 2. The van der Waals surface area contributed by atoms with Gasteiger partial charge < -0.3 is 5.32 Å². The van der Waals surface area contributed by atoms with E-state index in [0.717, 1.165) is 23.4 Å². The Kier molecular flexibility index (Phi) is 5.64. The molecular weight excluding hydrogens is 302 g/mol. The van der Waals surface area contributed by atoms with E-state index in [1.165, 1.54) is 21.8 Å². The SMILES string of the molecule is CCCc1cnc(NC(=O)Nc2ccc(C)c(SC)c2)s1. The number of carbonyl (C=O) groups is 1. The van der Waals surface area contributed by atoms with Crippen molar-refractivity contribution < 1.29 is 4.79 Å². The van der Waals surface area contributed by atoms with Crippen molar-refractivity contribution in [1.82, 2.24) is 4.98 Å². The Morgan fingerprint density at radius 3 is 2.90 bits per heavy atom. The Hall–Kier alpha value is -1.53. The van der Waals surface area contributed by atoms with Gasteiger partial charge in [-0.05, 0) is 37.3 Å². The molecule has 21 heavy (non-hydrogen) atoms. The highest BCUT2D eigenvalue weighted by Gasteiger charge is 2.07. The van der Waals surface area contributed by atoms with Gasteiger partial charge in [0.15, 0.2) is 5.13 Å². The molecule has 0 aliphatic carbocycles. The Morgan fingerprint density at radius 1 is 1.38 bits per heavy atom. The lowest BCUT2D eigenvalue weighted by Gasteiger charge is -2.08. The highest BCUT2D eigenvalue weighted by atomic mass is 32.2. The largest absolute Gasteiger partial charge is 0.325 e. The van der Waals surface area contributed by atoms with Gasteiger partial charge in [-0.2, -0.15) is 0 Å². The van der Waals surface area contributed by atoms with Gasteiger partial charge in [0.25, 0.3) is 0 Å². The summed E-state index contributed by atoms with van der Waals surface area (Å²) in [5.41, 5.74) is 1.99. The predicted octanol–water partition coefficient (Wildman–Crippen LogP) is 4.77. The van der Waals surface area contributed by atoms with Crippen LogP contribution in [0.3, 0.4) is 0 Å². The second kappa shape index (κ2) is 7.47. The van der Waals surface area contributed by atoms with Crippen LogP contribution in [0.2, 0.25) is 0 Å². The molecule has 0 atom stereocenters. The summed E-state index contributed by atoms with van der Waals surface area (Å²) in [5.74, 6) is 0. The van der Waals surface area contributed by atoms with Crippen molar-refractivity contribution in [3.05, 3.63) is 34.8 Å². The first-order chi connectivity index (χ1) is 10.1. The van der Waals surface area contributed by atoms with Crippen LogP contribution >= 0.6 is 23.1 Å². The maximum atomic E-state index is 12.0. The number of nitrogens with zero attached hydrogens (tertiary/aromatic N) is 1. The fourth-order valence-corrected chi connectivity index (χ4v) is 3.43. The fraction of sp³-hybridized carbons (Fsp3) is 0.333. The van der Waals surface area contributed by atoms with E-state index < -0.39 is 0 Å². The molecule has 0 saturated heterocycles. The second-order valence-corrected chi connectivity index (χ2v) is 6.61. The molecular formula is C15H19N3OS2. The fourth-order valence-electron chi connectivity index (χ4n) is 1.88. The molecule has 1 aromatic heterocycles. The minimum Gasteiger partial charge on any atom is -0.308 e. The highest BCUT2D eigenvalue weighted by molar-refractivity contribution is 7.98. The van der Waals surface area contributed by atoms with Crippen molar-refractivity contribution in [2.75, 3.05) is 16.9 Å². The summed E-state index contributed by atoms with van der Waals surface area (Å²) in [6.07, 6.45) is 5.92. The first kappa shape index (κ1) is 15.9. The van der Waals surface area contributed by atoms with Gasteiger partial charge in [0.2, 0.25) is 0 Å². The van der Waals surface area contributed by atoms with Crippen LogP contribution in [0, 0.1) is 6.92 Å². The van der Waals surface area contributed by atoms with E-state index >= 15 is 0 Å². The third-order valence-corrected chi connectivity index (χ3v) is 4.79. The number of anilines is 2. The summed E-state index contributed by atoms with van der Waals surface area (Å²) >= 11 is 3.19. The molecule has 1 aromatic carbocycles. The third-order valence-electron chi connectivity index (χ3n) is 2.94. The minimum absolute atomic E-state index is 0.261. The monoisotopic (exact) mass is 321 g/mol. The van der Waals surface area contributed by atoms with Crippen LogP contribution in [0.4, 0.5) is 15.6 Å². The number of aryl methyl sites for hydroxylation is 2. The first-order valence-electron chi connectivity index (χ1n) is 6.79. The average molecular weight is 321 g/mol. The number of carbonyl (C=O) groups excluding carboxylic acids is 1. The van der Waals surface area contributed by atoms with E-state index in [0.29, 0.717) is 5.13 Å². The first-order valence-corrected chi connectivity index (χ1v) is 8.84. The molecule has 112 valence electrons. The molecule has 6 heteroatoms. The second-order valence-electron chi connectivity index (χ2n) is 4.65. The molecule has 2 aromatic rings. The maximum Gasteiger partial charge on any atom is 0.325 e. The maximum absolute atomic E-state index is 12.0. The van der Waals surface area contributed by atoms with Crippen molar-refractivity contribution in [2.24, 2.45) is 0 Å². The molecule has 0 aliphatic heterocycles. The number of aromatic nitrogens is 1. The number of benzene rings is 1. The summed E-state index contributed by atoms with van der Waals surface area (Å²) in [5, 5.41) is 6.24. The molecule has 0 spiro atoms. The minimum atomic E-state index is -0.261.